The average Bonchev–Trinajstić information content (AvgIpc) is 2.46. The van der Waals surface area contributed by atoms with Crippen molar-refractivity contribution >= 4 is 23.3 Å². The van der Waals surface area contributed by atoms with Crippen molar-refractivity contribution in [3.05, 3.63) is 64.9 Å². The van der Waals surface area contributed by atoms with Gasteiger partial charge in [-0.25, -0.2) is 4.39 Å². The smallest absolute Gasteiger partial charge is 0.305 e. The summed E-state index contributed by atoms with van der Waals surface area (Å²) < 4.78 is 13.0. The van der Waals surface area contributed by atoms with Gasteiger partial charge in [-0.15, -0.1) is 0 Å². The Kier molecular flexibility index (Phi) is 5.17. The molecular weight excluding hydrogens is 293 g/mol. The molecule has 0 saturated carbocycles. The molecule has 0 saturated heterocycles. The molecule has 0 fully saturated rings. The van der Waals surface area contributed by atoms with Crippen LogP contribution in [-0.2, 0) is 11.3 Å². The van der Waals surface area contributed by atoms with Crippen LogP contribution in [0, 0.1) is 5.82 Å². The van der Waals surface area contributed by atoms with Gasteiger partial charge in [0.2, 0.25) is 0 Å². The highest BCUT2D eigenvalue weighted by Gasteiger charge is 2.12. The quantitative estimate of drug-likeness (QED) is 0.878. The maximum Gasteiger partial charge on any atom is 0.305 e. The van der Waals surface area contributed by atoms with Crippen LogP contribution in [0.25, 0.3) is 0 Å². The number of halogens is 2. The molecule has 0 spiro atoms. The van der Waals surface area contributed by atoms with Crippen LogP contribution >= 0.6 is 11.6 Å². The first-order valence-electron chi connectivity index (χ1n) is 6.52. The molecular formula is C16H15ClFNO2. The van der Waals surface area contributed by atoms with Crippen molar-refractivity contribution in [2.75, 3.05) is 11.4 Å². The number of hydrogen-bond donors (Lipinski definition) is 1. The van der Waals surface area contributed by atoms with E-state index in [1.54, 1.807) is 18.2 Å². The standard InChI is InChI=1S/C16H15ClFNO2/c17-14-3-1-2-4-15(14)19(10-9-16(20)21)11-12-5-7-13(18)8-6-12/h1-8H,9-11H2,(H,20,21). The highest BCUT2D eigenvalue weighted by atomic mass is 35.5. The van der Waals surface area contributed by atoms with E-state index in [1.165, 1.54) is 12.1 Å². The Balaban J connectivity index is 2.21. The van der Waals surface area contributed by atoms with Gasteiger partial charge in [-0.3, -0.25) is 4.79 Å². The Morgan fingerprint density at radius 3 is 2.43 bits per heavy atom. The van der Waals surface area contributed by atoms with Gasteiger partial charge in [-0.2, -0.15) is 0 Å². The Bertz CT molecular complexity index is 616. The molecule has 110 valence electrons. The average molecular weight is 308 g/mol. The van der Waals surface area contributed by atoms with Crippen LogP contribution in [-0.4, -0.2) is 17.6 Å². The van der Waals surface area contributed by atoms with Crippen LogP contribution in [0.1, 0.15) is 12.0 Å². The maximum atomic E-state index is 13.0. The number of carbonyl (C=O) groups is 1. The van der Waals surface area contributed by atoms with Gasteiger partial charge in [0.05, 0.1) is 17.1 Å². The molecule has 5 heteroatoms. The lowest BCUT2D eigenvalue weighted by Gasteiger charge is -2.25. The van der Waals surface area contributed by atoms with Crippen molar-refractivity contribution in [3.63, 3.8) is 0 Å². The molecule has 0 amide bonds. The number of benzene rings is 2. The lowest BCUT2D eigenvalue weighted by Crippen LogP contribution is -2.26. The molecule has 0 aliphatic carbocycles. The second-order valence-electron chi connectivity index (χ2n) is 4.64. The van der Waals surface area contributed by atoms with Crippen LogP contribution in [0.3, 0.4) is 0 Å². The van der Waals surface area contributed by atoms with Gasteiger partial charge >= 0.3 is 5.97 Å². The molecule has 0 bridgehead atoms. The molecule has 0 aliphatic rings. The summed E-state index contributed by atoms with van der Waals surface area (Å²) in [6, 6.07) is 13.4. The lowest BCUT2D eigenvalue weighted by molar-refractivity contribution is -0.136. The monoisotopic (exact) mass is 307 g/mol. The van der Waals surface area contributed by atoms with Crippen molar-refractivity contribution in [3.8, 4) is 0 Å². The lowest BCUT2D eigenvalue weighted by atomic mass is 10.2. The molecule has 2 aromatic carbocycles. The Hall–Kier alpha value is -2.07. The van der Waals surface area contributed by atoms with Gasteiger partial charge in [0.1, 0.15) is 5.82 Å². The largest absolute Gasteiger partial charge is 0.481 e. The first-order valence-corrected chi connectivity index (χ1v) is 6.90. The fraction of sp³-hybridized carbons (Fsp3) is 0.188. The molecule has 3 nitrogen and oxygen atoms in total. The highest BCUT2D eigenvalue weighted by molar-refractivity contribution is 6.33. The number of hydrogen-bond acceptors (Lipinski definition) is 2. The SMILES string of the molecule is O=C(O)CCN(Cc1ccc(F)cc1)c1ccccc1Cl. The molecule has 0 radical (unpaired) electrons. The fourth-order valence-electron chi connectivity index (χ4n) is 2.03. The number of nitrogens with zero attached hydrogens (tertiary/aromatic N) is 1. The predicted octanol–water partition coefficient (Wildman–Crippen LogP) is 3.96. The third kappa shape index (κ3) is 4.46. The summed E-state index contributed by atoms with van der Waals surface area (Å²) >= 11 is 6.18. The summed E-state index contributed by atoms with van der Waals surface area (Å²) in [4.78, 5) is 12.7. The summed E-state index contributed by atoms with van der Waals surface area (Å²) in [5.74, 6) is -1.17. The van der Waals surface area contributed by atoms with Gasteiger partial charge in [0.25, 0.3) is 0 Å². The van der Waals surface area contributed by atoms with Crippen LogP contribution in [0.4, 0.5) is 10.1 Å². The highest BCUT2D eigenvalue weighted by Crippen LogP contribution is 2.26. The molecule has 1 N–H and O–H groups in total. The number of anilines is 1. The van der Waals surface area contributed by atoms with Gasteiger partial charge in [-0.1, -0.05) is 35.9 Å². The molecule has 0 aromatic heterocycles. The van der Waals surface area contributed by atoms with Crippen LogP contribution in [0.2, 0.25) is 5.02 Å². The van der Waals surface area contributed by atoms with E-state index in [9.17, 15) is 9.18 Å². The van der Waals surface area contributed by atoms with Crippen molar-refractivity contribution in [1.82, 2.24) is 0 Å². The third-order valence-corrected chi connectivity index (χ3v) is 3.40. The van der Waals surface area contributed by atoms with E-state index >= 15 is 0 Å². The van der Waals surface area contributed by atoms with Crippen molar-refractivity contribution < 1.29 is 14.3 Å². The van der Waals surface area contributed by atoms with Crippen LogP contribution in [0.5, 0.6) is 0 Å². The number of para-hydroxylation sites is 1. The van der Waals surface area contributed by atoms with Crippen molar-refractivity contribution in [2.24, 2.45) is 0 Å². The summed E-state index contributed by atoms with van der Waals surface area (Å²) in [5.41, 5.74) is 1.66. The Morgan fingerprint density at radius 2 is 1.81 bits per heavy atom. The minimum absolute atomic E-state index is 0.00637. The summed E-state index contributed by atoms with van der Waals surface area (Å²) in [5, 5.41) is 9.43. The van der Waals surface area contributed by atoms with E-state index in [4.69, 9.17) is 16.7 Å². The van der Waals surface area contributed by atoms with E-state index in [1.807, 2.05) is 23.1 Å². The molecule has 21 heavy (non-hydrogen) atoms. The van der Waals surface area contributed by atoms with E-state index in [0.29, 0.717) is 18.1 Å². The molecule has 2 rings (SSSR count). The number of aliphatic carboxylic acids is 1. The topological polar surface area (TPSA) is 40.5 Å². The minimum atomic E-state index is -0.869. The summed E-state index contributed by atoms with van der Waals surface area (Å²) in [7, 11) is 0. The number of carboxylic acid groups (broad SMARTS) is 1. The third-order valence-electron chi connectivity index (χ3n) is 3.08. The molecule has 2 aromatic rings. The predicted molar refractivity (Wildman–Crippen MR) is 81.2 cm³/mol. The van der Waals surface area contributed by atoms with Gasteiger partial charge in [-0.05, 0) is 29.8 Å². The Morgan fingerprint density at radius 1 is 1.14 bits per heavy atom. The molecule has 0 unspecified atom stereocenters. The van der Waals surface area contributed by atoms with E-state index in [2.05, 4.69) is 0 Å². The summed E-state index contributed by atoms with van der Waals surface area (Å²) in [6.45, 7) is 0.799. The molecule has 0 heterocycles. The first-order chi connectivity index (χ1) is 10.1. The maximum absolute atomic E-state index is 13.0. The van der Waals surface area contributed by atoms with Gasteiger partial charge in [0, 0.05) is 13.1 Å². The normalized spacial score (nSPS) is 10.4. The van der Waals surface area contributed by atoms with E-state index < -0.39 is 5.97 Å². The Labute approximate surface area is 127 Å². The molecule has 0 atom stereocenters. The first kappa shape index (κ1) is 15.3. The minimum Gasteiger partial charge on any atom is -0.481 e. The van der Waals surface area contributed by atoms with Crippen molar-refractivity contribution in [2.45, 2.75) is 13.0 Å². The van der Waals surface area contributed by atoms with E-state index in [0.717, 1.165) is 11.3 Å². The second-order valence-corrected chi connectivity index (χ2v) is 5.05. The van der Waals surface area contributed by atoms with Crippen LogP contribution in [0.15, 0.2) is 48.5 Å². The zero-order chi connectivity index (χ0) is 15.2. The fourth-order valence-corrected chi connectivity index (χ4v) is 2.29. The number of rotatable bonds is 6. The zero-order valence-electron chi connectivity index (χ0n) is 11.3. The van der Waals surface area contributed by atoms with Crippen LogP contribution < -0.4 is 4.90 Å². The van der Waals surface area contributed by atoms with Crippen molar-refractivity contribution in [1.29, 1.82) is 0 Å². The summed E-state index contributed by atoms with van der Waals surface area (Å²) in [6.07, 6.45) is 0.00637. The zero-order valence-corrected chi connectivity index (χ0v) is 12.1. The second kappa shape index (κ2) is 7.09. The number of carboxylic acids is 1. The van der Waals surface area contributed by atoms with Gasteiger partial charge in [0.15, 0.2) is 0 Å². The van der Waals surface area contributed by atoms with E-state index in [-0.39, 0.29) is 12.2 Å². The molecule has 0 aliphatic heterocycles. The van der Waals surface area contributed by atoms with Gasteiger partial charge < -0.3 is 10.0 Å².